The number of carbonyl (C=O) groups is 4. The van der Waals surface area contributed by atoms with Crippen LogP contribution in [-0.4, -0.2) is 64.1 Å². The fourth-order valence-corrected chi connectivity index (χ4v) is 7.71. The second-order valence-corrected chi connectivity index (χ2v) is 14.1. The molecule has 3 amide bonds. The van der Waals surface area contributed by atoms with Gasteiger partial charge >= 0.3 is 12.1 Å². The third kappa shape index (κ3) is 6.48. The van der Waals surface area contributed by atoms with Gasteiger partial charge in [-0.15, -0.1) is 0 Å². The highest BCUT2D eigenvalue weighted by Crippen LogP contribution is 2.66. The Hall–Kier alpha value is -4.34. The average Bonchev–Trinajstić information content (AvgIpc) is 3.58. The van der Waals surface area contributed by atoms with Crippen molar-refractivity contribution in [2.75, 3.05) is 13.6 Å². The van der Waals surface area contributed by atoms with E-state index in [1.54, 1.807) is 14.0 Å². The van der Waals surface area contributed by atoms with Crippen molar-refractivity contribution < 1.29 is 29.0 Å². The quantitative estimate of drug-likeness (QED) is 0.206. The standard InChI is InChI=1S/C36H46N4O6/c1-34(2)25-17-18-35(34,3)29(19-25)46-33(45)39-36(4,20-24-21-37-27-14-10-9-13-26(24)27)32(44)40(5)22-28(23-11-7-6-8-12-23)38-30(41)15-16-31(42)43/h6-14,21,25,28-29,37H,15-20,22H2,1-5H3,(H,38,41)(H,39,45)(H,42,43)/t25-,28+,29+,35?,36+/m0/s1. The molecule has 10 nitrogen and oxygen atoms in total. The molecule has 2 saturated carbocycles. The number of rotatable bonds is 12. The first-order chi connectivity index (χ1) is 21.7. The highest BCUT2D eigenvalue weighted by atomic mass is 16.6. The van der Waals surface area contributed by atoms with E-state index in [4.69, 9.17) is 9.84 Å². The molecule has 0 spiro atoms. The number of amides is 3. The molecule has 10 heteroatoms. The normalized spacial score (nSPS) is 23.3. The number of nitrogens with one attached hydrogen (secondary N) is 3. The molecule has 5 atom stereocenters. The molecule has 3 aromatic rings. The smallest absolute Gasteiger partial charge is 0.408 e. The molecule has 1 aromatic heterocycles. The van der Waals surface area contributed by atoms with Gasteiger partial charge in [0, 0.05) is 48.9 Å². The van der Waals surface area contributed by atoms with Crippen molar-refractivity contribution in [2.24, 2.45) is 16.7 Å². The second-order valence-electron chi connectivity index (χ2n) is 14.1. The second kappa shape index (κ2) is 12.8. The van der Waals surface area contributed by atoms with E-state index in [1.807, 2.05) is 60.8 Å². The molecule has 46 heavy (non-hydrogen) atoms. The monoisotopic (exact) mass is 630 g/mol. The predicted molar refractivity (Wildman–Crippen MR) is 175 cm³/mol. The maximum absolute atomic E-state index is 14.4. The lowest BCUT2D eigenvalue weighted by molar-refractivity contribution is -0.139. The number of carboxylic acids is 1. The van der Waals surface area contributed by atoms with Crippen LogP contribution in [0.1, 0.15) is 77.0 Å². The molecule has 0 saturated heterocycles. The number of benzene rings is 2. The summed E-state index contributed by atoms with van der Waals surface area (Å²) in [6.45, 7) is 8.53. The number of fused-ring (bicyclic) bond motifs is 3. The van der Waals surface area contributed by atoms with Crippen LogP contribution in [0.15, 0.2) is 60.8 Å². The summed E-state index contributed by atoms with van der Waals surface area (Å²) in [4.78, 5) is 56.6. The minimum atomic E-state index is -1.39. The molecule has 2 aromatic carbocycles. The fraction of sp³-hybridized carbons (Fsp3) is 0.500. The molecule has 1 unspecified atom stereocenters. The van der Waals surface area contributed by atoms with E-state index in [0.717, 1.165) is 41.3 Å². The summed E-state index contributed by atoms with van der Waals surface area (Å²) in [6.07, 6.45) is 3.65. The van der Waals surface area contributed by atoms with Crippen molar-refractivity contribution in [3.8, 4) is 0 Å². The highest BCUT2D eigenvalue weighted by molar-refractivity contribution is 5.91. The Morgan fingerprint density at radius 3 is 2.41 bits per heavy atom. The maximum Gasteiger partial charge on any atom is 0.408 e. The average molecular weight is 631 g/mol. The third-order valence-corrected chi connectivity index (χ3v) is 10.9. The van der Waals surface area contributed by atoms with E-state index >= 15 is 0 Å². The Morgan fingerprint density at radius 2 is 1.76 bits per heavy atom. The molecule has 2 aliphatic carbocycles. The van der Waals surface area contributed by atoms with Gasteiger partial charge in [0.2, 0.25) is 11.8 Å². The summed E-state index contributed by atoms with van der Waals surface area (Å²) >= 11 is 0. The maximum atomic E-state index is 14.4. The van der Waals surface area contributed by atoms with E-state index in [0.29, 0.717) is 5.92 Å². The van der Waals surface area contributed by atoms with Crippen LogP contribution in [0.25, 0.3) is 10.9 Å². The Bertz CT molecular complexity index is 1600. The largest absolute Gasteiger partial charge is 0.481 e. The molecule has 246 valence electrons. The minimum absolute atomic E-state index is 0.0582. The molecule has 0 aliphatic heterocycles. The number of aromatic amines is 1. The van der Waals surface area contributed by atoms with E-state index < -0.39 is 29.6 Å². The number of hydrogen-bond acceptors (Lipinski definition) is 5. The van der Waals surface area contributed by atoms with Gasteiger partial charge < -0.3 is 30.4 Å². The number of nitrogens with zero attached hydrogens (tertiary/aromatic N) is 1. The number of H-pyrrole nitrogens is 1. The van der Waals surface area contributed by atoms with Crippen LogP contribution in [0.3, 0.4) is 0 Å². The first-order valence-electron chi connectivity index (χ1n) is 16.1. The van der Waals surface area contributed by atoms with E-state index in [2.05, 4.69) is 36.4 Å². The van der Waals surface area contributed by atoms with Gasteiger partial charge in [-0.2, -0.15) is 0 Å². The lowest BCUT2D eigenvalue weighted by Crippen LogP contribution is -2.60. The number of alkyl carbamates (subject to hydrolysis) is 1. The Balaban J connectivity index is 1.38. The van der Waals surface area contributed by atoms with Gasteiger partial charge in [-0.3, -0.25) is 14.4 Å². The minimum Gasteiger partial charge on any atom is -0.481 e. The van der Waals surface area contributed by atoms with Gasteiger partial charge in [0.05, 0.1) is 12.5 Å². The lowest BCUT2D eigenvalue weighted by atomic mass is 9.70. The van der Waals surface area contributed by atoms with Crippen molar-refractivity contribution in [2.45, 2.75) is 83.9 Å². The highest BCUT2D eigenvalue weighted by Gasteiger charge is 2.63. The molecule has 5 rings (SSSR count). The summed E-state index contributed by atoms with van der Waals surface area (Å²) in [5.74, 6) is -1.36. The Labute approximate surface area is 270 Å². The number of likely N-dealkylation sites (N-methyl/N-ethyl adjacent to an activating group) is 1. The molecular formula is C36H46N4O6. The number of ether oxygens (including phenoxy) is 1. The SMILES string of the molecule is CN(C[C@@H](NC(=O)CCC(=O)O)c1ccccc1)C(=O)[C@@](C)(Cc1c[nH]c2ccccc12)NC(=O)O[C@@H]1C[C@@H]2CCC1(C)C2(C)C. The van der Waals surface area contributed by atoms with E-state index in [9.17, 15) is 19.2 Å². The summed E-state index contributed by atoms with van der Waals surface area (Å²) in [5.41, 5.74) is 1.10. The third-order valence-electron chi connectivity index (χ3n) is 10.9. The summed E-state index contributed by atoms with van der Waals surface area (Å²) in [5, 5.41) is 15.9. The zero-order valence-corrected chi connectivity index (χ0v) is 27.4. The van der Waals surface area contributed by atoms with E-state index in [-0.39, 0.29) is 48.6 Å². The van der Waals surface area contributed by atoms with Gasteiger partial charge in [-0.05, 0) is 54.7 Å². The van der Waals surface area contributed by atoms with Crippen LogP contribution in [0.4, 0.5) is 4.79 Å². The van der Waals surface area contributed by atoms with Crippen LogP contribution in [0.5, 0.6) is 0 Å². The Morgan fingerprint density at radius 1 is 1.07 bits per heavy atom. The van der Waals surface area contributed by atoms with Gasteiger partial charge in [-0.25, -0.2) is 4.79 Å². The number of para-hydroxylation sites is 1. The number of aliphatic carboxylic acids is 1. The van der Waals surface area contributed by atoms with Crippen molar-refractivity contribution >= 4 is 34.8 Å². The number of carboxylic acid groups (broad SMARTS) is 1. The molecule has 2 fully saturated rings. The fourth-order valence-electron chi connectivity index (χ4n) is 7.71. The first-order valence-corrected chi connectivity index (χ1v) is 16.1. The lowest BCUT2D eigenvalue weighted by Gasteiger charge is -2.39. The van der Waals surface area contributed by atoms with Crippen molar-refractivity contribution in [1.82, 2.24) is 20.5 Å². The van der Waals surface area contributed by atoms with Gasteiger partial charge in [0.1, 0.15) is 11.6 Å². The molecule has 2 bridgehead atoms. The summed E-state index contributed by atoms with van der Waals surface area (Å²) < 4.78 is 6.13. The van der Waals surface area contributed by atoms with E-state index in [1.165, 1.54) is 4.90 Å². The van der Waals surface area contributed by atoms with Gasteiger partial charge in [0.15, 0.2) is 0 Å². The summed E-state index contributed by atoms with van der Waals surface area (Å²) in [6, 6.07) is 16.4. The number of aromatic nitrogens is 1. The molecule has 1 heterocycles. The number of hydrogen-bond donors (Lipinski definition) is 4. The van der Waals surface area contributed by atoms with Crippen LogP contribution >= 0.6 is 0 Å². The molecule has 4 N–H and O–H groups in total. The van der Waals surface area contributed by atoms with Gasteiger partial charge in [0.25, 0.3) is 0 Å². The summed E-state index contributed by atoms with van der Waals surface area (Å²) in [7, 11) is 1.64. The zero-order chi connectivity index (χ0) is 33.3. The topological polar surface area (TPSA) is 141 Å². The van der Waals surface area contributed by atoms with Crippen molar-refractivity contribution in [3.05, 3.63) is 71.9 Å². The Kier molecular flexibility index (Phi) is 9.20. The number of carbonyl (C=O) groups excluding carboxylic acids is 3. The van der Waals surface area contributed by atoms with Crippen LogP contribution < -0.4 is 10.6 Å². The van der Waals surface area contributed by atoms with Gasteiger partial charge in [-0.1, -0.05) is 69.3 Å². The molecule has 0 radical (unpaired) electrons. The van der Waals surface area contributed by atoms with Crippen LogP contribution in [-0.2, 0) is 25.5 Å². The van der Waals surface area contributed by atoms with Crippen LogP contribution in [0, 0.1) is 16.7 Å². The van der Waals surface area contributed by atoms with Crippen molar-refractivity contribution in [3.63, 3.8) is 0 Å². The zero-order valence-electron chi connectivity index (χ0n) is 27.4. The van der Waals surface area contributed by atoms with Crippen LogP contribution in [0.2, 0.25) is 0 Å². The predicted octanol–water partition coefficient (Wildman–Crippen LogP) is 5.59. The molecule has 2 aliphatic rings. The molecular weight excluding hydrogens is 584 g/mol. The first kappa shape index (κ1) is 33.0. The van der Waals surface area contributed by atoms with Crippen molar-refractivity contribution in [1.29, 1.82) is 0 Å².